The largest absolute Gasteiger partial charge is 0.394 e. The Kier molecular flexibility index (Phi) is 7.88. The molecule has 0 bridgehead atoms. The molecule has 1 amide bonds. The molecule has 1 aliphatic heterocycles. The monoisotopic (exact) mass is 323 g/mol. The molecule has 3 atom stereocenters. The van der Waals surface area contributed by atoms with Gasteiger partial charge in [-0.1, -0.05) is 50.1 Å². The minimum absolute atomic E-state index is 0.561. The van der Waals surface area contributed by atoms with Crippen LogP contribution in [-0.4, -0.2) is 51.4 Å². The number of hydrogen-bond donors (Lipinski definition) is 4. The van der Waals surface area contributed by atoms with Crippen molar-refractivity contribution in [2.75, 3.05) is 6.61 Å². The molecule has 0 aliphatic carbocycles. The van der Waals surface area contributed by atoms with Crippen LogP contribution >= 0.6 is 0 Å². The van der Waals surface area contributed by atoms with E-state index in [0.29, 0.717) is 0 Å². The Bertz CT molecular complexity index is 497. The van der Waals surface area contributed by atoms with Crippen molar-refractivity contribution >= 4 is 11.7 Å². The van der Waals surface area contributed by atoms with Crippen LogP contribution in [0.25, 0.3) is 0 Å². The molecule has 6 heteroatoms. The molecule has 23 heavy (non-hydrogen) atoms. The highest BCUT2D eigenvalue weighted by Gasteiger charge is 2.57. The molecular formula is C17H25NO5. The lowest BCUT2D eigenvalue weighted by Crippen LogP contribution is -2.52. The van der Waals surface area contributed by atoms with Crippen LogP contribution in [0, 0.1) is 0 Å². The second-order valence-electron chi connectivity index (χ2n) is 5.51. The fourth-order valence-electron chi connectivity index (χ4n) is 2.27. The molecule has 1 saturated heterocycles. The minimum atomic E-state index is -2.55. The number of aliphatic hydroxyl groups is 3. The summed E-state index contributed by atoms with van der Waals surface area (Å²) in [6.07, 6.45) is 12.5. The van der Waals surface area contributed by atoms with Gasteiger partial charge in [-0.15, -0.1) is 0 Å². The molecular weight excluding hydrogens is 298 g/mol. The normalized spacial score (nSPS) is 28.3. The maximum atomic E-state index is 12.0. The molecule has 128 valence electrons. The lowest BCUT2D eigenvalue weighted by atomic mass is 9.91. The van der Waals surface area contributed by atoms with Crippen LogP contribution in [0.4, 0.5) is 0 Å². The second-order valence-corrected chi connectivity index (χ2v) is 5.51. The van der Waals surface area contributed by atoms with E-state index in [2.05, 4.69) is 12.2 Å². The van der Waals surface area contributed by atoms with Gasteiger partial charge in [0, 0.05) is 0 Å². The molecule has 4 N–H and O–H groups in total. The van der Waals surface area contributed by atoms with E-state index < -0.39 is 36.0 Å². The van der Waals surface area contributed by atoms with Crippen molar-refractivity contribution < 1.29 is 24.9 Å². The highest BCUT2D eigenvalue weighted by Crippen LogP contribution is 2.23. The minimum Gasteiger partial charge on any atom is -0.394 e. The molecule has 6 nitrogen and oxygen atoms in total. The summed E-state index contributed by atoms with van der Waals surface area (Å²) in [5, 5.41) is 31.1. The smallest absolute Gasteiger partial charge is 0.263 e. The van der Waals surface area contributed by atoms with Crippen LogP contribution in [-0.2, 0) is 9.59 Å². The van der Waals surface area contributed by atoms with E-state index in [1.807, 2.05) is 12.2 Å². The van der Waals surface area contributed by atoms with Gasteiger partial charge in [0.25, 0.3) is 5.91 Å². The maximum Gasteiger partial charge on any atom is 0.263 e. The predicted molar refractivity (Wildman–Crippen MR) is 86.5 cm³/mol. The van der Waals surface area contributed by atoms with Crippen LogP contribution in [0.15, 0.2) is 36.5 Å². The van der Waals surface area contributed by atoms with Crippen LogP contribution in [0.2, 0.25) is 0 Å². The van der Waals surface area contributed by atoms with E-state index >= 15 is 0 Å². The molecule has 0 unspecified atom stereocenters. The van der Waals surface area contributed by atoms with Crippen LogP contribution in [0.1, 0.15) is 32.6 Å². The average molecular weight is 323 g/mol. The zero-order valence-corrected chi connectivity index (χ0v) is 13.3. The highest BCUT2D eigenvalue weighted by molar-refractivity contribution is 6.16. The number of aliphatic hydroxyl groups excluding tert-OH is 2. The maximum absolute atomic E-state index is 12.0. The van der Waals surface area contributed by atoms with Crippen LogP contribution in [0.5, 0.6) is 0 Å². The topological polar surface area (TPSA) is 107 Å². The van der Waals surface area contributed by atoms with E-state index in [0.717, 1.165) is 18.9 Å². The van der Waals surface area contributed by atoms with Gasteiger partial charge in [-0.05, 0) is 18.9 Å². The first kappa shape index (κ1) is 19.3. The van der Waals surface area contributed by atoms with Crippen molar-refractivity contribution in [2.24, 2.45) is 0 Å². The Hall–Kier alpha value is -1.76. The van der Waals surface area contributed by atoms with E-state index in [4.69, 9.17) is 5.11 Å². The van der Waals surface area contributed by atoms with Gasteiger partial charge in [-0.2, -0.15) is 0 Å². The number of allylic oxidation sites excluding steroid dienone is 5. The molecule has 1 aliphatic rings. The predicted octanol–water partition coefficient (Wildman–Crippen LogP) is 0.387. The van der Waals surface area contributed by atoms with Crippen molar-refractivity contribution in [1.82, 2.24) is 5.32 Å². The molecule has 0 aromatic carbocycles. The molecule has 0 aromatic heterocycles. The second kappa shape index (κ2) is 9.39. The van der Waals surface area contributed by atoms with Gasteiger partial charge in [0.15, 0.2) is 5.78 Å². The van der Waals surface area contributed by atoms with E-state index in [-0.39, 0.29) is 0 Å². The van der Waals surface area contributed by atoms with Crippen molar-refractivity contribution in [3.63, 3.8) is 0 Å². The zero-order valence-electron chi connectivity index (χ0n) is 13.3. The third-order valence-corrected chi connectivity index (χ3v) is 3.74. The van der Waals surface area contributed by atoms with Gasteiger partial charge in [0.05, 0.1) is 12.6 Å². The number of amides is 1. The number of ketones is 1. The van der Waals surface area contributed by atoms with Crippen LogP contribution < -0.4 is 5.32 Å². The molecule has 0 saturated carbocycles. The van der Waals surface area contributed by atoms with Crippen molar-refractivity contribution in [3.8, 4) is 0 Å². The average Bonchev–Trinajstić information content (AvgIpc) is 2.77. The fourth-order valence-corrected chi connectivity index (χ4v) is 2.27. The summed E-state index contributed by atoms with van der Waals surface area (Å²) < 4.78 is 0. The first-order chi connectivity index (χ1) is 11.0. The van der Waals surface area contributed by atoms with Gasteiger partial charge in [0.2, 0.25) is 5.60 Å². The quantitative estimate of drug-likeness (QED) is 0.212. The van der Waals surface area contributed by atoms with Gasteiger partial charge >= 0.3 is 0 Å². The summed E-state index contributed by atoms with van der Waals surface area (Å²) in [4.78, 5) is 23.6. The van der Waals surface area contributed by atoms with E-state index in [9.17, 15) is 19.8 Å². The summed E-state index contributed by atoms with van der Waals surface area (Å²) in [7, 11) is 0. The summed E-state index contributed by atoms with van der Waals surface area (Å²) in [5.74, 6) is -1.92. The Morgan fingerprint density at radius 2 is 1.96 bits per heavy atom. The number of carbonyl (C=O) groups excluding carboxylic acids is 2. The number of unbranched alkanes of at least 4 members (excludes halogenated alkanes) is 3. The van der Waals surface area contributed by atoms with Crippen molar-refractivity contribution in [3.05, 3.63) is 36.5 Å². The summed E-state index contributed by atoms with van der Waals surface area (Å²) in [6.45, 7) is 1.58. The lowest BCUT2D eigenvalue weighted by Gasteiger charge is -2.21. The third-order valence-electron chi connectivity index (χ3n) is 3.74. The Labute approximate surface area is 136 Å². The third kappa shape index (κ3) is 4.86. The number of carbonyl (C=O) groups is 2. The van der Waals surface area contributed by atoms with E-state index in [1.165, 1.54) is 18.9 Å². The van der Waals surface area contributed by atoms with Gasteiger partial charge < -0.3 is 20.6 Å². The zero-order chi connectivity index (χ0) is 17.3. The summed E-state index contributed by atoms with van der Waals surface area (Å²) in [6, 6.07) is -1.05. The van der Waals surface area contributed by atoms with Gasteiger partial charge in [-0.3, -0.25) is 9.59 Å². The highest BCUT2D eigenvalue weighted by atomic mass is 16.4. The molecule has 1 rings (SSSR count). The molecule has 0 radical (unpaired) electrons. The van der Waals surface area contributed by atoms with E-state index in [1.54, 1.807) is 12.2 Å². The summed E-state index contributed by atoms with van der Waals surface area (Å²) >= 11 is 0. The molecule has 0 spiro atoms. The molecule has 1 heterocycles. The Morgan fingerprint density at radius 1 is 1.26 bits per heavy atom. The van der Waals surface area contributed by atoms with Crippen molar-refractivity contribution in [2.45, 2.75) is 50.4 Å². The summed E-state index contributed by atoms with van der Waals surface area (Å²) in [5.41, 5.74) is -2.55. The standard InChI is InChI=1S/C17H25NO5/c1-2-3-4-5-6-7-8-9-10-11-14(20)17(23)15(21)13(12-19)18-16(17)22/h6-11,13,15,19,21,23H,2-5,12H2,1H3,(H,18,22)/b7-6+,9-8+,11-10-/t13-,15-,17+/m0/s1. The SMILES string of the molecule is CCCCC/C=C/C=C/C=C\C(=O)[C@]1(O)C(=O)N[C@@H](CO)[C@@H]1O. The number of nitrogens with one attached hydrogen (secondary N) is 1. The van der Waals surface area contributed by atoms with Gasteiger partial charge in [-0.25, -0.2) is 0 Å². The van der Waals surface area contributed by atoms with Crippen molar-refractivity contribution in [1.29, 1.82) is 0 Å². The lowest BCUT2D eigenvalue weighted by molar-refractivity contribution is -0.154. The molecule has 1 fully saturated rings. The first-order valence-corrected chi connectivity index (χ1v) is 7.85. The fraction of sp³-hybridized carbons (Fsp3) is 0.529. The number of hydrogen-bond acceptors (Lipinski definition) is 5. The first-order valence-electron chi connectivity index (χ1n) is 7.85. The van der Waals surface area contributed by atoms with Gasteiger partial charge in [0.1, 0.15) is 6.10 Å². The Balaban J connectivity index is 2.53. The van der Waals surface area contributed by atoms with Crippen LogP contribution in [0.3, 0.4) is 0 Å². The number of rotatable bonds is 9. The molecule has 0 aromatic rings. The Morgan fingerprint density at radius 3 is 2.57 bits per heavy atom.